The maximum absolute atomic E-state index is 13.4. The van der Waals surface area contributed by atoms with Gasteiger partial charge in [0.15, 0.2) is 0 Å². The molecule has 5 aromatic rings. The Morgan fingerprint density at radius 3 is 2.17 bits per heavy atom. The van der Waals surface area contributed by atoms with Gasteiger partial charge < -0.3 is 16.0 Å². The summed E-state index contributed by atoms with van der Waals surface area (Å²) in [4.78, 5) is 30.4. The third-order valence-corrected chi connectivity index (χ3v) is 8.78. The van der Waals surface area contributed by atoms with Gasteiger partial charge in [-0.15, -0.1) is 11.3 Å². The second kappa shape index (κ2) is 12.3. The van der Waals surface area contributed by atoms with Crippen LogP contribution in [0, 0.1) is 11.7 Å². The Balaban J connectivity index is 0.000000330. The lowest BCUT2D eigenvalue weighted by molar-refractivity contribution is 0.0993. The van der Waals surface area contributed by atoms with Crippen LogP contribution in [-0.4, -0.2) is 21.4 Å². The van der Waals surface area contributed by atoms with E-state index in [0.717, 1.165) is 15.8 Å². The van der Waals surface area contributed by atoms with Crippen LogP contribution < -0.4 is 11.5 Å². The summed E-state index contributed by atoms with van der Waals surface area (Å²) < 4.78 is 15.4. The minimum Gasteiger partial charge on any atom is -0.366 e. The Kier molecular flexibility index (Phi) is 8.54. The summed E-state index contributed by atoms with van der Waals surface area (Å²) in [6, 6.07) is 20.3. The number of hydrogen-bond acceptors (Lipinski definition) is 4. The molecule has 1 unspecified atom stereocenters. The molecule has 0 bridgehead atoms. The number of aryl methyl sites for hydroxylation is 2. The van der Waals surface area contributed by atoms with Crippen molar-refractivity contribution in [2.75, 3.05) is 0 Å². The van der Waals surface area contributed by atoms with Crippen molar-refractivity contribution in [3.8, 4) is 10.4 Å². The lowest BCUT2D eigenvalue weighted by atomic mass is 9.96. The fourth-order valence-electron chi connectivity index (χ4n) is 5.60. The van der Waals surface area contributed by atoms with Crippen LogP contribution in [0.25, 0.3) is 21.5 Å². The Hall–Kier alpha value is -4.30. The topological polar surface area (TPSA) is 104 Å². The Morgan fingerprint density at radius 1 is 0.929 bits per heavy atom. The van der Waals surface area contributed by atoms with Gasteiger partial charge in [0.25, 0.3) is 11.8 Å². The van der Waals surface area contributed by atoms with E-state index in [1.54, 1.807) is 35.4 Å². The Labute approximate surface area is 249 Å². The van der Waals surface area contributed by atoms with Crippen molar-refractivity contribution >= 4 is 34.2 Å². The summed E-state index contributed by atoms with van der Waals surface area (Å²) in [7, 11) is 0. The van der Waals surface area contributed by atoms with Gasteiger partial charge in [-0.1, -0.05) is 50.2 Å². The summed E-state index contributed by atoms with van der Waals surface area (Å²) >= 11 is 1.22. The van der Waals surface area contributed by atoms with E-state index in [1.165, 1.54) is 42.7 Å². The Morgan fingerprint density at radius 2 is 1.60 bits per heavy atom. The smallest absolute Gasteiger partial charge is 0.258 e. The van der Waals surface area contributed by atoms with Gasteiger partial charge in [0.05, 0.1) is 22.2 Å². The van der Waals surface area contributed by atoms with E-state index >= 15 is 0 Å². The van der Waals surface area contributed by atoms with Gasteiger partial charge in [0.2, 0.25) is 0 Å². The molecule has 6 nitrogen and oxygen atoms in total. The molecule has 0 saturated carbocycles. The number of carbonyl (C=O) groups excluding carboxylic acids is 2. The summed E-state index contributed by atoms with van der Waals surface area (Å²) in [6.45, 7) is 6.11. The summed E-state index contributed by atoms with van der Waals surface area (Å²) in [5, 5.41) is 0.753. The highest BCUT2D eigenvalue weighted by Crippen LogP contribution is 2.39. The molecule has 0 aliphatic heterocycles. The maximum atomic E-state index is 13.4. The average molecular weight is 583 g/mol. The fourth-order valence-corrected chi connectivity index (χ4v) is 6.53. The molecule has 1 aliphatic carbocycles. The lowest BCUT2D eigenvalue weighted by Crippen LogP contribution is -2.18. The molecule has 1 atom stereocenters. The predicted molar refractivity (Wildman–Crippen MR) is 167 cm³/mol. The molecular formula is C34H35FN4O2S. The second-order valence-electron chi connectivity index (χ2n) is 11.1. The minimum absolute atomic E-state index is 0.126. The number of amides is 2. The number of aromatic nitrogens is 2. The highest BCUT2D eigenvalue weighted by Gasteiger charge is 2.25. The third kappa shape index (κ3) is 5.99. The van der Waals surface area contributed by atoms with E-state index in [-0.39, 0.29) is 17.8 Å². The van der Waals surface area contributed by atoms with Crippen molar-refractivity contribution in [2.45, 2.75) is 52.5 Å². The number of benzene rings is 2. The number of fused-ring (bicyclic) bond motifs is 2. The van der Waals surface area contributed by atoms with E-state index < -0.39 is 11.8 Å². The van der Waals surface area contributed by atoms with Gasteiger partial charge in [-0.2, -0.15) is 0 Å². The first-order chi connectivity index (χ1) is 20.1. The highest BCUT2D eigenvalue weighted by atomic mass is 32.1. The summed E-state index contributed by atoms with van der Waals surface area (Å²) in [6.07, 6.45) is 6.43. The number of nitrogens with two attached hydrogens (primary N) is 2. The zero-order valence-corrected chi connectivity index (χ0v) is 24.9. The van der Waals surface area contributed by atoms with Crippen molar-refractivity contribution in [2.24, 2.45) is 17.4 Å². The maximum Gasteiger partial charge on any atom is 0.258 e. The zero-order valence-electron chi connectivity index (χ0n) is 24.1. The van der Waals surface area contributed by atoms with Crippen molar-refractivity contribution in [1.82, 2.24) is 9.55 Å². The molecule has 4 N–H and O–H groups in total. The van der Waals surface area contributed by atoms with Gasteiger partial charge in [0, 0.05) is 22.0 Å². The number of halogens is 1. The molecule has 0 fully saturated rings. The van der Waals surface area contributed by atoms with Crippen LogP contribution in [-0.2, 0) is 19.3 Å². The number of pyridine rings is 1. The number of primary amides is 2. The molecule has 1 aliphatic rings. The van der Waals surface area contributed by atoms with Crippen LogP contribution >= 0.6 is 11.3 Å². The molecule has 2 aromatic carbocycles. The van der Waals surface area contributed by atoms with E-state index in [2.05, 4.69) is 24.3 Å². The molecular weight excluding hydrogens is 547 g/mol. The van der Waals surface area contributed by atoms with Crippen molar-refractivity contribution in [3.63, 3.8) is 0 Å². The van der Waals surface area contributed by atoms with Gasteiger partial charge in [-0.25, -0.2) is 9.37 Å². The van der Waals surface area contributed by atoms with Crippen LogP contribution in [0.2, 0.25) is 0 Å². The van der Waals surface area contributed by atoms with Gasteiger partial charge in [0.1, 0.15) is 11.5 Å². The fraction of sp³-hybridized carbons (Fsp3) is 0.265. The molecule has 216 valence electrons. The quantitative estimate of drug-likeness (QED) is 0.214. The molecule has 0 spiro atoms. The average Bonchev–Trinajstić information content (AvgIpc) is 3.72. The first kappa shape index (κ1) is 29.2. The van der Waals surface area contributed by atoms with Crippen molar-refractivity contribution < 1.29 is 14.0 Å². The SMILES string of the molecule is CC(C)Cc1nc2c(ccn2C(C)c2ccc(F)cc2)c(-c2ccc(C(N)=O)s2)c1C(N)=O.c1ccc2c(c1)CCC2. The number of carbonyl (C=O) groups is 2. The lowest BCUT2D eigenvalue weighted by Gasteiger charge is -2.18. The second-order valence-corrected chi connectivity index (χ2v) is 12.2. The number of hydrogen-bond donors (Lipinski definition) is 2. The molecule has 42 heavy (non-hydrogen) atoms. The molecule has 3 aromatic heterocycles. The van der Waals surface area contributed by atoms with Crippen LogP contribution in [0.3, 0.4) is 0 Å². The monoisotopic (exact) mass is 582 g/mol. The molecule has 3 heterocycles. The van der Waals surface area contributed by atoms with Gasteiger partial charge >= 0.3 is 0 Å². The standard InChI is InChI=1S/C25H25FN4O2S.C9H10/c1-13(2)12-18-22(24(28)32)21(19-8-9-20(33-19)23(27)31)17-10-11-30(25(17)29-18)14(3)15-4-6-16(26)7-5-15;1-2-5-9-7-3-6-8(9)4-1/h4-11,13-14H,12H2,1-3H3,(H2,27,31)(H2,28,32);1-2,4-5H,3,6-7H2. The van der Waals surface area contributed by atoms with E-state index in [4.69, 9.17) is 16.5 Å². The third-order valence-electron chi connectivity index (χ3n) is 7.66. The first-order valence-electron chi connectivity index (χ1n) is 14.2. The molecule has 6 rings (SSSR count). The molecule has 0 radical (unpaired) electrons. The highest BCUT2D eigenvalue weighted by molar-refractivity contribution is 7.17. The number of nitrogens with zero attached hydrogens (tertiary/aromatic N) is 2. The molecule has 0 saturated heterocycles. The first-order valence-corrected chi connectivity index (χ1v) is 15.0. The summed E-state index contributed by atoms with van der Waals surface area (Å²) in [5.41, 5.74) is 17.7. The van der Waals surface area contributed by atoms with Crippen molar-refractivity contribution in [1.29, 1.82) is 0 Å². The number of rotatable bonds is 7. The number of thiophene rings is 1. The normalized spacial score (nSPS) is 13.1. The molecule has 2 amide bonds. The minimum atomic E-state index is -0.566. The predicted octanol–water partition coefficient (Wildman–Crippen LogP) is 7.08. The summed E-state index contributed by atoms with van der Waals surface area (Å²) in [5.74, 6) is -1.15. The van der Waals surface area contributed by atoms with Crippen LogP contribution in [0.5, 0.6) is 0 Å². The van der Waals surface area contributed by atoms with Gasteiger partial charge in [-0.05, 0) is 85.5 Å². The molecule has 8 heteroatoms. The van der Waals surface area contributed by atoms with E-state index in [0.29, 0.717) is 33.8 Å². The van der Waals surface area contributed by atoms with Crippen LogP contribution in [0.15, 0.2) is 72.9 Å². The van der Waals surface area contributed by atoms with Crippen LogP contribution in [0.1, 0.15) is 75.6 Å². The Bertz CT molecular complexity index is 1730. The van der Waals surface area contributed by atoms with Crippen LogP contribution in [0.4, 0.5) is 4.39 Å². The largest absolute Gasteiger partial charge is 0.366 e. The van der Waals surface area contributed by atoms with E-state index in [1.807, 2.05) is 37.6 Å². The van der Waals surface area contributed by atoms with Crippen molar-refractivity contribution in [3.05, 3.63) is 112 Å². The van der Waals surface area contributed by atoms with E-state index in [9.17, 15) is 14.0 Å². The zero-order chi connectivity index (χ0) is 30.0. The van der Waals surface area contributed by atoms with Gasteiger partial charge in [-0.3, -0.25) is 9.59 Å².